The van der Waals surface area contributed by atoms with E-state index in [1.807, 2.05) is 30.3 Å². The number of hydrogen-bond donors (Lipinski definition) is 1. The number of benzene rings is 1. The van der Waals surface area contributed by atoms with Crippen LogP contribution in [0.2, 0.25) is 0 Å². The highest BCUT2D eigenvalue weighted by molar-refractivity contribution is 5.86. The van der Waals surface area contributed by atoms with Gasteiger partial charge in [-0.15, -0.1) is 0 Å². The van der Waals surface area contributed by atoms with Gasteiger partial charge in [0.05, 0.1) is 12.1 Å². The Balaban J connectivity index is 2.66. The fourth-order valence-electron chi connectivity index (χ4n) is 1.68. The van der Waals surface area contributed by atoms with Gasteiger partial charge in [-0.05, 0) is 19.4 Å². The van der Waals surface area contributed by atoms with Gasteiger partial charge in [-0.1, -0.05) is 30.3 Å². The lowest BCUT2D eigenvalue weighted by molar-refractivity contribution is -0.136. The molecule has 0 aliphatic heterocycles. The van der Waals surface area contributed by atoms with Gasteiger partial charge in [-0.2, -0.15) is 0 Å². The molecule has 0 heterocycles. The quantitative estimate of drug-likeness (QED) is 0.792. The summed E-state index contributed by atoms with van der Waals surface area (Å²) in [6.45, 7) is 4.92. The molecule has 0 unspecified atom stereocenters. The van der Waals surface area contributed by atoms with Gasteiger partial charge in [0.2, 0.25) is 11.8 Å². The van der Waals surface area contributed by atoms with Crippen LogP contribution in [0.15, 0.2) is 30.3 Å². The number of hydrogen-bond acceptors (Lipinski definition) is 3. The Labute approximate surface area is 119 Å². The predicted molar refractivity (Wildman–Crippen MR) is 75.8 cm³/mol. The van der Waals surface area contributed by atoms with Crippen molar-refractivity contribution in [3.8, 4) is 0 Å². The largest absolute Gasteiger partial charge is 0.343 e. The SMILES string of the molecule is CC(=O)N(CC(=O)NC(C)(C)C=O)Cc1ccccc1. The maximum Gasteiger partial charge on any atom is 0.240 e. The summed E-state index contributed by atoms with van der Waals surface area (Å²) in [6.07, 6.45) is 0.667. The molecule has 5 heteroatoms. The van der Waals surface area contributed by atoms with Gasteiger partial charge in [0.25, 0.3) is 0 Å². The van der Waals surface area contributed by atoms with Crippen molar-refractivity contribution in [3.05, 3.63) is 35.9 Å². The van der Waals surface area contributed by atoms with E-state index in [0.717, 1.165) is 5.56 Å². The molecule has 108 valence electrons. The summed E-state index contributed by atoms with van der Waals surface area (Å²) < 4.78 is 0. The fraction of sp³-hybridized carbons (Fsp3) is 0.400. The highest BCUT2D eigenvalue weighted by Crippen LogP contribution is 2.05. The zero-order valence-electron chi connectivity index (χ0n) is 12.1. The van der Waals surface area contributed by atoms with Crippen molar-refractivity contribution in [3.63, 3.8) is 0 Å². The summed E-state index contributed by atoms with van der Waals surface area (Å²) in [7, 11) is 0. The summed E-state index contributed by atoms with van der Waals surface area (Å²) >= 11 is 0. The van der Waals surface area contributed by atoms with Gasteiger partial charge in [-0.3, -0.25) is 9.59 Å². The second-order valence-electron chi connectivity index (χ2n) is 5.25. The topological polar surface area (TPSA) is 66.5 Å². The molecule has 1 aromatic carbocycles. The lowest BCUT2D eigenvalue weighted by Crippen LogP contribution is -2.49. The van der Waals surface area contributed by atoms with Crippen LogP contribution in [0.25, 0.3) is 0 Å². The van der Waals surface area contributed by atoms with Crippen molar-refractivity contribution in [2.24, 2.45) is 0 Å². The summed E-state index contributed by atoms with van der Waals surface area (Å²) in [4.78, 5) is 35.7. The monoisotopic (exact) mass is 276 g/mol. The predicted octanol–water partition coefficient (Wildman–Crippen LogP) is 1.13. The molecule has 0 spiro atoms. The van der Waals surface area contributed by atoms with E-state index in [-0.39, 0.29) is 18.4 Å². The van der Waals surface area contributed by atoms with Crippen LogP contribution in [0, 0.1) is 0 Å². The summed E-state index contributed by atoms with van der Waals surface area (Å²) in [5.74, 6) is -0.541. The number of nitrogens with one attached hydrogen (secondary N) is 1. The third-order valence-corrected chi connectivity index (χ3v) is 2.75. The maximum atomic E-state index is 11.9. The average Bonchev–Trinajstić information content (AvgIpc) is 2.38. The molecule has 1 rings (SSSR count). The molecular weight excluding hydrogens is 256 g/mol. The van der Waals surface area contributed by atoms with E-state index in [9.17, 15) is 14.4 Å². The van der Waals surface area contributed by atoms with E-state index in [0.29, 0.717) is 12.8 Å². The van der Waals surface area contributed by atoms with Crippen molar-refractivity contribution >= 4 is 18.1 Å². The zero-order chi connectivity index (χ0) is 15.2. The van der Waals surface area contributed by atoms with Crippen molar-refractivity contribution in [2.75, 3.05) is 6.54 Å². The maximum absolute atomic E-state index is 11.9. The van der Waals surface area contributed by atoms with E-state index in [2.05, 4.69) is 5.32 Å². The van der Waals surface area contributed by atoms with E-state index < -0.39 is 5.54 Å². The molecule has 0 aromatic heterocycles. The van der Waals surface area contributed by atoms with Gasteiger partial charge in [0, 0.05) is 13.5 Å². The average molecular weight is 276 g/mol. The van der Waals surface area contributed by atoms with Gasteiger partial charge >= 0.3 is 0 Å². The fourth-order valence-corrected chi connectivity index (χ4v) is 1.68. The van der Waals surface area contributed by atoms with Crippen LogP contribution in [0.1, 0.15) is 26.3 Å². The van der Waals surface area contributed by atoms with Crippen LogP contribution in [-0.4, -0.2) is 35.1 Å². The second kappa shape index (κ2) is 6.84. The molecule has 20 heavy (non-hydrogen) atoms. The Kier molecular flexibility index (Phi) is 5.43. The summed E-state index contributed by atoms with van der Waals surface area (Å²) in [5.41, 5.74) is 0.0249. The smallest absolute Gasteiger partial charge is 0.240 e. The molecule has 1 aromatic rings. The Morgan fingerprint density at radius 1 is 1.25 bits per heavy atom. The van der Waals surface area contributed by atoms with Gasteiger partial charge in [-0.25, -0.2) is 0 Å². The van der Waals surface area contributed by atoms with Crippen LogP contribution in [-0.2, 0) is 20.9 Å². The van der Waals surface area contributed by atoms with Crippen molar-refractivity contribution in [2.45, 2.75) is 32.9 Å². The number of amides is 2. The molecule has 0 aliphatic carbocycles. The molecule has 0 fully saturated rings. The number of carbonyl (C=O) groups is 3. The van der Waals surface area contributed by atoms with Crippen LogP contribution < -0.4 is 5.32 Å². The Morgan fingerprint density at radius 2 is 1.85 bits per heavy atom. The lowest BCUT2D eigenvalue weighted by Gasteiger charge is -2.24. The minimum absolute atomic E-state index is 0.0680. The molecular formula is C15H20N2O3. The Bertz CT molecular complexity index is 483. The summed E-state index contributed by atoms with van der Waals surface area (Å²) in [6, 6.07) is 9.43. The van der Waals surface area contributed by atoms with Gasteiger partial charge in [0.1, 0.15) is 6.29 Å². The third-order valence-electron chi connectivity index (χ3n) is 2.75. The lowest BCUT2D eigenvalue weighted by atomic mass is 10.1. The molecule has 0 aliphatic rings. The molecule has 0 bridgehead atoms. The highest BCUT2D eigenvalue weighted by atomic mass is 16.2. The molecule has 5 nitrogen and oxygen atoms in total. The zero-order valence-corrected chi connectivity index (χ0v) is 12.1. The van der Waals surface area contributed by atoms with Crippen LogP contribution >= 0.6 is 0 Å². The normalized spacial score (nSPS) is 10.8. The van der Waals surface area contributed by atoms with E-state index in [4.69, 9.17) is 0 Å². The Morgan fingerprint density at radius 3 is 2.35 bits per heavy atom. The molecule has 0 atom stereocenters. The molecule has 0 radical (unpaired) electrons. The first kappa shape index (κ1) is 15.9. The summed E-state index contributed by atoms with van der Waals surface area (Å²) in [5, 5.41) is 2.58. The number of aldehydes is 1. The van der Waals surface area contributed by atoms with E-state index in [1.165, 1.54) is 11.8 Å². The van der Waals surface area contributed by atoms with Crippen LogP contribution in [0.5, 0.6) is 0 Å². The van der Waals surface area contributed by atoms with Crippen LogP contribution in [0.4, 0.5) is 0 Å². The molecule has 2 amide bonds. The minimum atomic E-state index is -0.924. The molecule has 1 N–H and O–H groups in total. The highest BCUT2D eigenvalue weighted by Gasteiger charge is 2.21. The van der Waals surface area contributed by atoms with Crippen molar-refractivity contribution in [1.29, 1.82) is 0 Å². The minimum Gasteiger partial charge on any atom is -0.343 e. The van der Waals surface area contributed by atoms with Crippen LogP contribution in [0.3, 0.4) is 0 Å². The first-order valence-corrected chi connectivity index (χ1v) is 6.41. The number of nitrogens with zero attached hydrogens (tertiary/aromatic N) is 1. The van der Waals surface area contributed by atoms with E-state index >= 15 is 0 Å². The molecule has 0 saturated heterocycles. The molecule has 0 saturated carbocycles. The van der Waals surface area contributed by atoms with Gasteiger partial charge < -0.3 is 15.0 Å². The third kappa shape index (κ3) is 5.22. The van der Waals surface area contributed by atoms with E-state index in [1.54, 1.807) is 13.8 Å². The van der Waals surface area contributed by atoms with Crippen molar-refractivity contribution < 1.29 is 14.4 Å². The standard InChI is InChI=1S/C15H20N2O3/c1-12(19)17(9-13-7-5-4-6-8-13)10-14(20)16-15(2,3)11-18/h4-8,11H,9-10H2,1-3H3,(H,16,20). The van der Waals surface area contributed by atoms with Crippen molar-refractivity contribution in [1.82, 2.24) is 10.2 Å². The second-order valence-corrected chi connectivity index (χ2v) is 5.25. The number of rotatable bonds is 6. The Hall–Kier alpha value is -2.17. The number of carbonyl (C=O) groups excluding carboxylic acids is 3. The van der Waals surface area contributed by atoms with Gasteiger partial charge in [0.15, 0.2) is 0 Å². The first-order chi connectivity index (χ1) is 9.34. The first-order valence-electron chi connectivity index (χ1n) is 6.41.